The van der Waals surface area contributed by atoms with Crippen molar-refractivity contribution in [3.05, 3.63) is 35.8 Å². The van der Waals surface area contributed by atoms with Gasteiger partial charge in [-0.15, -0.1) is 0 Å². The molecule has 0 bridgehead atoms. The summed E-state index contributed by atoms with van der Waals surface area (Å²) in [6.45, 7) is 4.76. The van der Waals surface area contributed by atoms with Crippen LogP contribution in [0.4, 0.5) is 9.18 Å². The Morgan fingerprint density at radius 3 is 3.04 bits per heavy atom. The minimum Gasteiger partial charge on any atom is -0.450 e. The Morgan fingerprint density at radius 2 is 2.27 bits per heavy atom. The maximum absolute atomic E-state index is 13.5. The van der Waals surface area contributed by atoms with Crippen LogP contribution in [0.25, 0.3) is 10.9 Å². The Morgan fingerprint density at radius 1 is 1.46 bits per heavy atom. The van der Waals surface area contributed by atoms with E-state index in [0.29, 0.717) is 25.0 Å². The number of halogens is 1. The number of nitrogens with one attached hydrogen (secondary N) is 2. The van der Waals surface area contributed by atoms with E-state index in [2.05, 4.69) is 22.2 Å². The molecule has 1 aliphatic carbocycles. The largest absolute Gasteiger partial charge is 0.450 e. The van der Waals surface area contributed by atoms with Gasteiger partial charge in [0, 0.05) is 36.7 Å². The van der Waals surface area contributed by atoms with Crippen molar-refractivity contribution >= 4 is 17.0 Å². The first-order chi connectivity index (χ1) is 12.1. The molecule has 1 fully saturated rings. The molecule has 26 heavy (non-hydrogen) atoms. The minimum atomic E-state index is -0.347. The number of aromatic amines is 1. The van der Waals surface area contributed by atoms with Gasteiger partial charge >= 0.3 is 6.09 Å². The van der Waals surface area contributed by atoms with Crippen LogP contribution < -0.4 is 5.32 Å². The van der Waals surface area contributed by atoms with Crippen molar-refractivity contribution in [1.82, 2.24) is 15.2 Å². The summed E-state index contributed by atoms with van der Waals surface area (Å²) in [5, 5.41) is 3.76. The third-order valence-electron chi connectivity index (χ3n) is 4.74. The Kier molecular flexibility index (Phi) is 7.03. The first kappa shape index (κ1) is 20.2. The molecule has 1 heterocycles. The molecule has 2 unspecified atom stereocenters. The lowest BCUT2D eigenvalue weighted by Crippen LogP contribution is -2.34. The Bertz CT molecular complexity index is 731. The SMILES string of the molecule is C.CCCOC(=O)NCCN(C)CC1CC1c1c[nH]c2ccc(F)cc12. The molecule has 1 aliphatic rings. The zero-order valence-electron chi connectivity index (χ0n) is 14.8. The maximum atomic E-state index is 13.5. The smallest absolute Gasteiger partial charge is 0.407 e. The summed E-state index contributed by atoms with van der Waals surface area (Å²) in [6.07, 6.45) is 3.62. The van der Waals surface area contributed by atoms with E-state index in [9.17, 15) is 9.18 Å². The molecule has 3 rings (SSSR count). The van der Waals surface area contributed by atoms with E-state index in [0.717, 1.165) is 36.8 Å². The predicted molar refractivity (Wildman–Crippen MR) is 103 cm³/mol. The van der Waals surface area contributed by atoms with Crippen LogP contribution in [0.5, 0.6) is 0 Å². The second kappa shape index (κ2) is 9.03. The number of amides is 1. The van der Waals surface area contributed by atoms with Crippen LogP contribution in [0.2, 0.25) is 0 Å². The van der Waals surface area contributed by atoms with E-state index in [-0.39, 0.29) is 19.3 Å². The van der Waals surface area contributed by atoms with Crippen LogP contribution in [-0.4, -0.2) is 49.3 Å². The molecule has 2 N–H and O–H groups in total. The summed E-state index contributed by atoms with van der Waals surface area (Å²) in [7, 11) is 2.06. The zero-order valence-corrected chi connectivity index (χ0v) is 14.8. The van der Waals surface area contributed by atoms with E-state index in [1.165, 1.54) is 11.6 Å². The minimum absolute atomic E-state index is 0. The van der Waals surface area contributed by atoms with Gasteiger partial charge < -0.3 is 19.9 Å². The van der Waals surface area contributed by atoms with Crippen LogP contribution >= 0.6 is 0 Å². The quantitative estimate of drug-likeness (QED) is 0.742. The molecular weight excluding hydrogens is 333 g/mol. The van der Waals surface area contributed by atoms with E-state index in [1.54, 1.807) is 12.1 Å². The van der Waals surface area contributed by atoms with E-state index in [1.807, 2.05) is 13.1 Å². The standard InChI is InChI=1S/C19H26FN3O2.CH4/c1-3-8-25-19(24)21-6-7-23(2)12-13-9-15(13)17-11-22-18-5-4-14(20)10-16(17)18;/h4-5,10-11,13,15,22H,3,6-9,12H2,1-2H3,(H,21,24);1H4. The van der Waals surface area contributed by atoms with Crippen LogP contribution in [0.1, 0.15) is 38.7 Å². The highest BCUT2D eigenvalue weighted by Crippen LogP contribution is 2.49. The molecule has 1 aromatic heterocycles. The molecule has 1 saturated carbocycles. The van der Waals surface area contributed by atoms with Crippen LogP contribution in [-0.2, 0) is 4.74 Å². The Balaban J connectivity index is 0.00000243. The summed E-state index contributed by atoms with van der Waals surface area (Å²) in [5.41, 5.74) is 2.21. The number of hydrogen-bond donors (Lipinski definition) is 2. The predicted octanol–water partition coefficient (Wildman–Crippen LogP) is 4.11. The molecule has 1 aromatic carbocycles. The van der Waals surface area contributed by atoms with Crippen LogP contribution in [0.15, 0.2) is 24.4 Å². The first-order valence-corrected chi connectivity index (χ1v) is 8.94. The number of alkyl carbamates (subject to hydrolysis) is 1. The summed E-state index contributed by atoms with van der Waals surface area (Å²) >= 11 is 0. The molecule has 0 aliphatic heterocycles. The second-order valence-electron chi connectivity index (χ2n) is 6.86. The van der Waals surface area contributed by atoms with Crippen molar-refractivity contribution in [2.24, 2.45) is 5.92 Å². The van der Waals surface area contributed by atoms with Gasteiger partial charge in [-0.2, -0.15) is 0 Å². The lowest BCUT2D eigenvalue weighted by Gasteiger charge is -2.16. The van der Waals surface area contributed by atoms with Gasteiger partial charge in [0.1, 0.15) is 5.82 Å². The summed E-state index contributed by atoms with van der Waals surface area (Å²) in [6, 6.07) is 4.90. The molecule has 0 spiro atoms. The molecule has 5 nitrogen and oxygen atoms in total. The number of benzene rings is 1. The van der Waals surface area contributed by atoms with Crippen molar-refractivity contribution < 1.29 is 13.9 Å². The number of rotatable bonds is 8. The third-order valence-corrected chi connectivity index (χ3v) is 4.74. The van der Waals surface area contributed by atoms with Gasteiger partial charge in [-0.3, -0.25) is 0 Å². The molecule has 144 valence electrons. The molecular formula is C20H30FN3O2. The average Bonchev–Trinajstić information content (AvgIpc) is 3.20. The van der Waals surface area contributed by atoms with Crippen molar-refractivity contribution in [3.8, 4) is 0 Å². The van der Waals surface area contributed by atoms with Gasteiger partial charge in [0.15, 0.2) is 0 Å². The maximum Gasteiger partial charge on any atom is 0.407 e. The number of likely N-dealkylation sites (N-methyl/N-ethyl adjacent to an activating group) is 1. The first-order valence-electron chi connectivity index (χ1n) is 8.94. The van der Waals surface area contributed by atoms with Crippen LogP contribution in [0, 0.1) is 11.7 Å². The Labute approximate surface area is 154 Å². The number of H-pyrrole nitrogens is 1. The van der Waals surface area contributed by atoms with Crippen molar-refractivity contribution in [2.45, 2.75) is 33.1 Å². The fraction of sp³-hybridized carbons (Fsp3) is 0.550. The normalized spacial score (nSPS) is 18.6. The summed E-state index contributed by atoms with van der Waals surface area (Å²) in [5.74, 6) is 0.878. The number of hydrogen-bond acceptors (Lipinski definition) is 3. The molecule has 0 radical (unpaired) electrons. The molecule has 2 aromatic rings. The van der Waals surface area contributed by atoms with E-state index < -0.39 is 0 Å². The molecule has 1 amide bonds. The third kappa shape index (κ3) is 4.97. The number of aromatic nitrogens is 1. The number of nitrogens with zero attached hydrogens (tertiary/aromatic N) is 1. The molecule has 6 heteroatoms. The highest BCUT2D eigenvalue weighted by atomic mass is 19.1. The molecule has 2 atom stereocenters. The number of carbonyl (C=O) groups is 1. The van der Waals surface area contributed by atoms with Gasteiger partial charge in [-0.1, -0.05) is 14.4 Å². The van der Waals surface area contributed by atoms with Crippen molar-refractivity contribution in [1.29, 1.82) is 0 Å². The highest BCUT2D eigenvalue weighted by Gasteiger charge is 2.40. The second-order valence-corrected chi connectivity index (χ2v) is 6.86. The van der Waals surface area contributed by atoms with Gasteiger partial charge in [-0.05, 0) is 55.5 Å². The van der Waals surface area contributed by atoms with Gasteiger partial charge in [0.2, 0.25) is 0 Å². The fourth-order valence-electron chi connectivity index (χ4n) is 3.34. The van der Waals surface area contributed by atoms with Gasteiger partial charge in [-0.25, -0.2) is 9.18 Å². The summed E-state index contributed by atoms with van der Waals surface area (Å²) < 4.78 is 18.5. The van der Waals surface area contributed by atoms with E-state index in [4.69, 9.17) is 4.74 Å². The van der Waals surface area contributed by atoms with Crippen LogP contribution in [0.3, 0.4) is 0 Å². The lowest BCUT2D eigenvalue weighted by molar-refractivity contribution is 0.145. The van der Waals surface area contributed by atoms with Crippen molar-refractivity contribution in [2.75, 3.05) is 33.3 Å². The molecule has 0 saturated heterocycles. The zero-order chi connectivity index (χ0) is 17.8. The number of fused-ring (bicyclic) bond motifs is 1. The van der Waals surface area contributed by atoms with Gasteiger partial charge in [0.05, 0.1) is 6.61 Å². The topological polar surface area (TPSA) is 57.4 Å². The monoisotopic (exact) mass is 363 g/mol. The van der Waals surface area contributed by atoms with Crippen molar-refractivity contribution in [3.63, 3.8) is 0 Å². The summed E-state index contributed by atoms with van der Waals surface area (Å²) in [4.78, 5) is 16.8. The Hall–Kier alpha value is -2.08. The highest BCUT2D eigenvalue weighted by molar-refractivity contribution is 5.84. The fourth-order valence-corrected chi connectivity index (χ4v) is 3.34. The van der Waals surface area contributed by atoms with E-state index >= 15 is 0 Å². The number of carbonyl (C=O) groups excluding carboxylic acids is 1. The van der Waals surface area contributed by atoms with Gasteiger partial charge in [0.25, 0.3) is 0 Å². The average molecular weight is 363 g/mol. The lowest BCUT2D eigenvalue weighted by atomic mass is 10.1. The number of ether oxygens (including phenoxy) is 1.